The Kier molecular flexibility index (Phi) is 6.89. The van der Waals surface area contributed by atoms with Crippen LogP contribution in [0.4, 0.5) is 0 Å². The zero-order valence-corrected chi connectivity index (χ0v) is 30.8. The van der Waals surface area contributed by atoms with Crippen molar-refractivity contribution < 1.29 is 0 Å². The van der Waals surface area contributed by atoms with Crippen LogP contribution in [0.3, 0.4) is 0 Å². The summed E-state index contributed by atoms with van der Waals surface area (Å²) in [4.78, 5) is 15.7. The molecule has 0 amide bonds. The van der Waals surface area contributed by atoms with Gasteiger partial charge in [0.2, 0.25) is 0 Å². The van der Waals surface area contributed by atoms with Gasteiger partial charge in [-0.05, 0) is 79.5 Å². The van der Waals surface area contributed by atoms with Gasteiger partial charge in [-0.1, -0.05) is 158 Å². The van der Waals surface area contributed by atoms with Crippen LogP contribution < -0.4 is 0 Å². The summed E-state index contributed by atoms with van der Waals surface area (Å²) in [5.41, 5.74) is 6.34. The van der Waals surface area contributed by atoms with Crippen molar-refractivity contribution in [2.24, 2.45) is 0 Å². The number of hydrogen-bond donors (Lipinski definition) is 0. The monoisotopic (exact) mass is 724 g/mol. The first-order valence-corrected chi connectivity index (χ1v) is 19.4. The molecule has 4 nitrogen and oxygen atoms in total. The average molecular weight is 725 g/mol. The van der Waals surface area contributed by atoms with Crippen LogP contribution in [-0.4, -0.2) is 19.5 Å². The van der Waals surface area contributed by atoms with Crippen molar-refractivity contribution in [2.75, 3.05) is 0 Å². The second kappa shape index (κ2) is 12.4. The summed E-state index contributed by atoms with van der Waals surface area (Å²) in [6.45, 7) is 0. The van der Waals surface area contributed by atoms with Crippen LogP contribution in [0.15, 0.2) is 194 Å². The third kappa shape index (κ3) is 5.04. The fraction of sp³-hybridized carbons (Fsp3) is 0. The van der Waals surface area contributed by atoms with E-state index in [1.807, 2.05) is 0 Å². The van der Waals surface area contributed by atoms with E-state index < -0.39 is 0 Å². The van der Waals surface area contributed by atoms with Gasteiger partial charge in [0.1, 0.15) is 0 Å². The van der Waals surface area contributed by atoms with Crippen LogP contribution in [0.1, 0.15) is 0 Å². The zero-order valence-electron chi connectivity index (χ0n) is 30.8. The third-order valence-corrected chi connectivity index (χ3v) is 11.6. The van der Waals surface area contributed by atoms with Crippen LogP contribution >= 0.6 is 0 Å². The molecule has 57 heavy (non-hydrogen) atoms. The van der Waals surface area contributed by atoms with Crippen LogP contribution in [0.25, 0.3) is 116 Å². The lowest BCUT2D eigenvalue weighted by Gasteiger charge is -2.16. The molecular formula is C53H32N4. The van der Waals surface area contributed by atoms with Crippen molar-refractivity contribution in [3.8, 4) is 39.9 Å². The fourth-order valence-electron chi connectivity index (χ4n) is 8.80. The molecule has 4 heteroatoms. The first-order valence-electron chi connectivity index (χ1n) is 19.4. The summed E-state index contributed by atoms with van der Waals surface area (Å²) in [5, 5.41) is 14.2. The van der Waals surface area contributed by atoms with Crippen LogP contribution in [-0.2, 0) is 0 Å². The van der Waals surface area contributed by atoms with Crippen LogP contribution in [0.2, 0.25) is 0 Å². The van der Waals surface area contributed by atoms with Gasteiger partial charge in [-0.25, -0.2) is 15.0 Å². The maximum atomic E-state index is 5.26. The molecule has 0 atom stereocenters. The lowest BCUT2D eigenvalue weighted by atomic mass is 10.0. The lowest BCUT2D eigenvalue weighted by molar-refractivity contribution is 1.08. The molecule has 0 fully saturated rings. The van der Waals surface area contributed by atoms with Gasteiger partial charge >= 0.3 is 0 Å². The van der Waals surface area contributed by atoms with E-state index in [2.05, 4.69) is 199 Å². The molecule has 0 radical (unpaired) electrons. The normalized spacial score (nSPS) is 11.9. The molecule has 0 saturated heterocycles. The number of rotatable bonds is 4. The van der Waals surface area contributed by atoms with E-state index in [1.165, 1.54) is 54.1 Å². The van der Waals surface area contributed by atoms with Gasteiger partial charge in [-0.15, -0.1) is 0 Å². The minimum Gasteiger partial charge on any atom is -0.308 e. The Hall–Kier alpha value is -7.69. The molecule has 264 valence electrons. The smallest absolute Gasteiger partial charge is 0.164 e. The molecule has 2 aromatic heterocycles. The van der Waals surface area contributed by atoms with E-state index >= 15 is 0 Å². The van der Waals surface area contributed by atoms with E-state index in [-0.39, 0.29) is 0 Å². The van der Waals surface area contributed by atoms with Crippen molar-refractivity contribution in [3.05, 3.63) is 194 Å². The van der Waals surface area contributed by atoms with E-state index in [0.29, 0.717) is 17.5 Å². The largest absolute Gasteiger partial charge is 0.308 e. The van der Waals surface area contributed by atoms with Crippen molar-refractivity contribution in [1.29, 1.82) is 0 Å². The third-order valence-electron chi connectivity index (χ3n) is 11.6. The molecule has 0 aliphatic heterocycles. The highest BCUT2D eigenvalue weighted by Crippen LogP contribution is 2.41. The Morgan fingerprint density at radius 2 is 0.789 bits per heavy atom. The average Bonchev–Trinajstić information content (AvgIpc) is 3.60. The van der Waals surface area contributed by atoms with Crippen LogP contribution in [0.5, 0.6) is 0 Å². The van der Waals surface area contributed by atoms with Crippen molar-refractivity contribution in [1.82, 2.24) is 19.5 Å². The van der Waals surface area contributed by atoms with Gasteiger partial charge in [0.25, 0.3) is 0 Å². The molecule has 0 aliphatic rings. The summed E-state index contributed by atoms with van der Waals surface area (Å²) >= 11 is 0. The zero-order chi connectivity index (χ0) is 37.5. The predicted molar refractivity (Wildman–Crippen MR) is 238 cm³/mol. The molecule has 12 aromatic rings. The highest BCUT2D eigenvalue weighted by molar-refractivity contribution is 6.21. The van der Waals surface area contributed by atoms with Gasteiger partial charge in [0.15, 0.2) is 17.5 Å². The van der Waals surface area contributed by atoms with Crippen LogP contribution in [0, 0.1) is 0 Å². The summed E-state index contributed by atoms with van der Waals surface area (Å²) in [7, 11) is 0. The predicted octanol–water partition coefficient (Wildman–Crippen LogP) is 13.7. The van der Waals surface area contributed by atoms with Gasteiger partial charge in [0.05, 0.1) is 16.7 Å². The van der Waals surface area contributed by atoms with Crippen molar-refractivity contribution in [2.45, 2.75) is 0 Å². The van der Waals surface area contributed by atoms with E-state index in [1.54, 1.807) is 0 Å². The quantitative estimate of drug-likeness (QED) is 0.181. The molecule has 0 unspecified atom stereocenters. The van der Waals surface area contributed by atoms with E-state index in [0.717, 1.165) is 43.9 Å². The summed E-state index contributed by atoms with van der Waals surface area (Å²) < 4.78 is 2.47. The standard InChI is InChI=1S/C53H32N4/c1-3-14-36-29-40(23-21-33(36)11-1)51-54-52(41-24-22-34-12-2-4-15-37(34)30-41)56-53(55-51)46-27-28-48(44-20-10-9-19-43(44)46)57-49-32-39-17-6-5-16-38(39)31-47(49)45-26-25-35-13-7-8-18-42(35)50(45)57/h1-32H. The minimum atomic E-state index is 0.637. The summed E-state index contributed by atoms with van der Waals surface area (Å²) in [6.07, 6.45) is 0. The number of fused-ring (bicyclic) bond motifs is 9. The highest BCUT2D eigenvalue weighted by atomic mass is 15.0. The Labute approximate surface area is 328 Å². The molecule has 0 bridgehead atoms. The summed E-state index contributed by atoms with van der Waals surface area (Å²) in [5.74, 6) is 1.92. The van der Waals surface area contributed by atoms with Crippen molar-refractivity contribution >= 4 is 75.7 Å². The van der Waals surface area contributed by atoms with Gasteiger partial charge in [-0.2, -0.15) is 0 Å². The Morgan fingerprint density at radius 1 is 0.298 bits per heavy atom. The number of nitrogens with zero attached hydrogens (tertiary/aromatic N) is 4. The Balaban J connectivity index is 1.13. The first kappa shape index (κ1) is 31.6. The molecule has 0 spiro atoms. The summed E-state index contributed by atoms with van der Waals surface area (Å²) in [6, 6.07) is 69.4. The number of hydrogen-bond acceptors (Lipinski definition) is 3. The van der Waals surface area contributed by atoms with E-state index in [9.17, 15) is 0 Å². The SMILES string of the molecule is c1ccc2cc(-c3nc(-c4ccc5ccccc5c4)nc(-c4ccc(-n5c6cc7ccccc7cc6c6ccc7ccccc7c65)c5ccccc45)n3)ccc2c1. The number of aromatic nitrogens is 4. The van der Waals surface area contributed by atoms with Gasteiger partial charge in [0, 0.05) is 38.2 Å². The second-order valence-corrected chi connectivity index (χ2v) is 14.8. The Bertz CT molecular complexity index is 3500. The maximum Gasteiger partial charge on any atom is 0.164 e. The second-order valence-electron chi connectivity index (χ2n) is 14.8. The molecule has 0 saturated carbocycles. The van der Waals surface area contributed by atoms with E-state index in [4.69, 9.17) is 15.0 Å². The minimum absolute atomic E-state index is 0.637. The Morgan fingerprint density at radius 3 is 1.44 bits per heavy atom. The molecule has 0 aliphatic carbocycles. The van der Waals surface area contributed by atoms with Crippen molar-refractivity contribution in [3.63, 3.8) is 0 Å². The molecule has 10 aromatic carbocycles. The van der Waals surface area contributed by atoms with Gasteiger partial charge in [-0.3, -0.25) is 0 Å². The molecule has 0 N–H and O–H groups in total. The highest BCUT2D eigenvalue weighted by Gasteiger charge is 2.20. The molecular weight excluding hydrogens is 693 g/mol. The topological polar surface area (TPSA) is 43.6 Å². The molecule has 2 heterocycles. The number of benzene rings is 10. The first-order chi connectivity index (χ1) is 28.2. The maximum absolute atomic E-state index is 5.26. The fourth-order valence-corrected chi connectivity index (χ4v) is 8.80. The van der Waals surface area contributed by atoms with Gasteiger partial charge < -0.3 is 4.57 Å². The lowest BCUT2D eigenvalue weighted by Crippen LogP contribution is -2.02. The molecule has 12 rings (SSSR count).